The number of carbonyl (C=O) groups is 4. The number of hydrogen-bond donors (Lipinski definition) is 1. The van der Waals surface area contributed by atoms with E-state index < -0.39 is 30.4 Å². The number of benzene rings is 2. The monoisotopic (exact) mass is 367 g/mol. The number of amides is 4. The van der Waals surface area contributed by atoms with Crippen LogP contribution in [0.4, 0.5) is 4.79 Å². The number of nitrogens with zero attached hydrogens (tertiary/aromatic N) is 2. The fourth-order valence-corrected chi connectivity index (χ4v) is 2.60. The van der Waals surface area contributed by atoms with Gasteiger partial charge in [-0.3, -0.25) is 14.4 Å². The first-order chi connectivity index (χ1) is 13.0. The van der Waals surface area contributed by atoms with E-state index in [2.05, 4.69) is 5.32 Å². The van der Waals surface area contributed by atoms with Crippen molar-refractivity contribution in [2.24, 2.45) is 0 Å². The second-order valence-electron chi connectivity index (χ2n) is 5.80. The predicted molar refractivity (Wildman–Crippen MR) is 94.3 cm³/mol. The van der Waals surface area contributed by atoms with Gasteiger partial charge in [0.1, 0.15) is 13.2 Å². The number of alkyl carbamates (subject to hydrolysis) is 1. The Hall–Kier alpha value is -3.68. The average molecular weight is 367 g/mol. The van der Waals surface area contributed by atoms with Gasteiger partial charge in [-0.15, -0.1) is 0 Å². The molecule has 1 aliphatic rings. The van der Waals surface area contributed by atoms with Gasteiger partial charge >= 0.3 is 6.09 Å². The lowest BCUT2D eigenvalue weighted by atomic mass is 10.1. The Morgan fingerprint density at radius 1 is 0.963 bits per heavy atom. The van der Waals surface area contributed by atoms with Crippen LogP contribution in [0.25, 0.3) is 0 Å². The average Bonchev–Trinajstić information content (AvgIpc) is 2.95. The van der Waals surface area contributed by atoms with Gasteiger partial charge in [-0.05, 0) is 17.7 Å². The number of ether oxygens (including phenoxy) is 1. The summed E-state index contributed by atoms with van der Waals surface area (Å²) in [6, 6.07) is 15.4. The van der Waals surface area contributed by atoms with E-state index >= 15 is 0 Å². The molecule has 1 N–H and O–H groups in total. The molecule has 0 aromatic heterocycles. The molecule has 138 valence electrons. The summed E-state index contributed by atoms with van der Waals surface area (Å²) >= 11 is 0. The van der Waals surface area contributed by atoms with Crippen LogP contribution >= 0.6 is 0 Å². The minimum absolute atomic E-state index is 0.0646. The number of rotatable bonds is 5. The van der Waals surface area contributed by atoms with Crippen molar-refractivity contribution < 1.29 is 23.9 Å². The van der Waals surface area contributed by atoms with E-state index in [1.807, 2.05) is 18.2 Å². The fraction of sp³-hybridized carbons (Fsp3) is 0.158. The van der Waals surface area contributed by atoms with Gasteiger partial charge in [-0.1, -0.05) is 42.5 Å². The highest BCUT2D eigenvalue weighted by Crippen LogP contribution is 2.23. The predicted octanol–water partition coefficient (Wildman–Crippen LogP) is 1.58. The molecule has 8 heteroatoms. The third kappa shape index (κ3) is 3.79. The van der Waals surface area contributed by atoms with Gasteiger partial charge in [0.05, 0.1) is 11.1 Å². The van der Waals surface area contributed by atoms with Crippen LogP contribution in [-0.4, -0.2) is 47.4 Å². The van der Waals surface area contributed by atoms with Gasteiger partial charge in [-0.2, -0.15) is 5.01 Å². The molecule has 3 rings (SSSR count). The quantitative estimate of drug-likeness (QED) is 0.810. The van der Waals surface area contributed by atoms with E-state index in [1.165, 1.54) is 19.2 Å². The SMILES string of the molecule is CN(C(=O)CNC(=O)OCc1ccccc1)N1C(=O)c2ccccc2C1=O. The Labute approximate surface area is 155 Å². The molecule has 8 nitrogen and oxygen atoms in total. The van der Waals surface area contributed by atoms with Crippen LogP contribution in [0.1, 0.15) is 26.3 Å². The van der Waals surface area contributed by atoms with Crippen molar-refractivity contribution in [2.45, 2.75) is 6.61 Å². The van der Waals surface area contributed by atoms with Crippen LogP contribution in [0.2, 0.25) is 0 Å². The first-order valence-corrected chi connectivity index (χ1v) is 8.18. The molecule has 27 heavy (non-hydrogen) atoms. The number of imide groups is 1. The number of nitrogens with one attached hydrogen (secondary N) is 1. The molecule has 0 spiro atoms. The van der Waals surface area contributed by atoms with E-state index in [1.54, 1.807) is 24.3 Å². The van der Waals surface area contributed by atoms with Crippen LogP contribution in [0.15, 0.2) is 54.6 Å². The topological polar surface area (TPSA) is 96.0 Å². The maximum Gasteiger partial charge on any atom is 0.407 e. The van der Waals surface area contributed by atoms with Gasteiger partial charge in [0.25, 0.3) is 17.7 Å². The summed E-state index contributed by atoms with van der Waals surface area (Å²) in [5, 5.41) is 3.95. The molecule has 0 radical (unpaired) electrons. The normalized spacial score (nSPS) is 12.6. The van der Waals surface area contributed by atoms with Crippen molar-refractivity contribution in [1.82, 2.24) is 15.3 Å². The largest absolute Gasteiger partial charge is 0.445 e. The van der Waals surface area contributed by atoms with Crippen LogP contribution in [0, 0.1) is 0 Å². The van der Waals surface area contributed by atoms with Crippen LogP contribution in [0.5, 0.6) is 0 Å². The molecule has 0 atom stereocenters. The number of likely N-dealkylation sites (N-methyl/N-ethyl adjacent to an activating group) is 1. The van der Waals surface area contributed by atoms with Crippen LogP contribution in [0.3, 0.4) is 0 Å². The molecule has 1 aliphatic heterocycles. The molecule has 0 bridgehead atoms. The van der Waals surface area contributed by atoms with E-state index in [9.17, 15) is 19.2 Å². The third-order valence-corrected chi connectivity index (χ3v) is 4.03. The van der Waals surface area contributed by atoms with E-state index in [0.717, 1.165) is 15.6 Å². The van der Waals surface area contributed by atoms with Crippen molar-refractivity contribution >= 4 is 23.8 Å². The molecule has 0 saturated heterocycles. The Balaban J connectivity index is 1.53. The van der Waals surface area contributed by atoms with Gasteiger partial charge in [0.2, 0.25) is 0 Å². The summed E-state index contributed by atoms with van der Waals surface area (Å²) in [6.45, 7) is -0.355. The van der Waals surface area contributed by atoms with E-state index in [4.69, 9.17) is 4.74 Å². The van der Waals surface area contributed by atoms with E-state index in [-0.39, 0.29) is 17.7 Å². The summed E-state index contributed by atoms with van der Waals surface area (Å²) in [5.74, 6) is -1.81. The first kappa shape index (κ1) is 18.1. The minimum Gasteiger partial charge on any atom is -0.445 e. The lowest BCUT2D eigenvalue weighted by molar-refractivity contribution is -0.137. The highest BCUT2D eigenvalue weighted by molar-refractivity contribution is 6.21. The lowest BCUT2D eigenvalue weighted by Gasteiger charge is -2.25. The smallest absolute Gasteiger partial charge is 0.407 e. The summed E-state index contributed by atoms with van der Waals surface area (Å²) in [5.41, 5.74) is 1.27. The summed E-state index contributed by atoms with van der Waals surface area (Å²) < 4.78 is 5.01. The van der Waals surface area contributed by atoms with E-state index in [0.29, 0.717) is 0 Å². The second-order valence-corrected chi connectivity index (χ2v) is 5.80. The molecule has 0 unspecified atom stereocenters. The minimum atomic E-state index is -0.775. The lowest BCUT2D eigenvalue weighted by Crippen LogP contribution is -2.50. The molecule has 0 saturated carbocycles. The zero-order valence-corrected chi connectivity index (χ0v) is 14.5. The Morgan fingerprint density at radius 2 is 1.52 bits per heavy atom. The molecule has 2 aromatic rings. The summed E-state index contributed by atoms with van der Waals surface area (Å²) in [7, 11) is 1.29. The number of fused-ring (bicyclic) bond motifs is 1. The zero-order valence-electron chi connectivity index (χ0n) is 14.5. The second kappa shape index (κ2) is 7.69. The first-order valence-electron chi connectivity index (χ1n) is 8.18. The maximum absolute atomic E-state index is 12.3. The molecule has 0 fully saturated rings. The Bertz CT molecular complexity index is 862. The van der Waals surface area contributed by atoms with Crippen molar-refractivity contribution in [3.05, 3.63) is 71.3 Å². The highest BCUT2D eigenvalue weighted by atomic mass is 16.5. The van der Waals surface area contributed by atoms with Gasteiger partial charge in [-0.25, -0.2) is 9.80 Å². The molecular formula is C19H17N3O5. The van der Waals surface area contributed by atoms with Crippen LogP contribution in [-0.2, 0) is 16.1 Å². The Morgan fingerprint density at radius 3 is 2.11 bits per heavy atom. The summed E-state index contributed by atoms with van der Waals surface area (Å²) in [4.78, 5) is 48.7. The number of hydrazine groups is 1. The summed E-state index contributed by atoms with van der Waals surface area (Å²) in [6.07, 6.45) is -0.775. The molecule has 1 heterocycles. The molecule has 4 amide bonds. The van der Waals surface area contributed by atoms with Crippen molar-refractivity contribution in [2.75, 3.05) is 13.6 Å². The van der Waals surface area contributed by atoms with Gasteiger partial charge in [0.15, 0.2) is 0 Å². The van der Waals surface area contributed by atoms with Gasteiger partial charge < -0.3 is 10.1 Å². The highest BCUT2D eigenvalue weighted by Gasteiger charge is 2.39. The van der Waals surface area contributed by atoms with Crippen molar-refractivity contribution in [3.63, 3.8) is 0 Å². The standard InChI is InChI=1S/C19H17N3O5/c1-21(22-17(24)14-9-5-6-10-15(14)18(22)25)16(23)11-20-19(26)27-12-13-7-3-2-4-8-13/h2-10H,11-12H2,1H3,(H,20,26). The molecule has 2 aromatic carbocycles. The third-order valence-electron chi connectivity index (χ3n) is 4.03. The van der Waals surface area contributed by atoms with Crippen molar-refractivity contribution in [3.8, 4) is 0 Å². The van der Waals surface area contributed by atoms with Crippen LogP contribution < -0.4 is 5.32 Å². The molecule has 0 aliphatic carbocycles. The maximum atomic E-state index is 12.3. The number of hydrogen-bond acceptors (Lipinski definition) is 5. The Kier molecular flexibility index (Phi) is 5.16. The fourth-order valence-electron chi connectivity index (χ4n) is 2.60. The molecular weight excluding hydrogens is 350 g/mol. The van der Waals surface area contributed by atoms with Crippen molar-refractivity contribution in [1.29, 1.82) is 0 Å². The zero-order chi connectivity index (χ0) is 19.4. The van der Waals surface area contributed by atoms with Gasteiger partial charge in [0, 0.05) is 7.05 Å². The number of carbonyl (C=O) groups excluding carboxylic acids is 4.